The van der Waals surface area contributed by atoms with Gasteiger partial charge in [0.05, 0.1) is 29.8 Å². The number of sulfonamides is 1. The Bertz CT molecular complexity index is 1460. The lowest BCUT2D eigenvalue weighted by Gasteiger charge is -2.57. The monoisotopic (exact) mass is 609 g/mol. The number of carbonyl (C=O) groups excluding carboxylic acids is 1. The lowest BCUT2D eigenvalue weighted by molar-refractivity contribution is -0.137. The Balaban J connectivity index is 1.02. The normalized spacial score (nSPS) is 33.8. The van der Waals surface area contributed by atoms with Crippen LogP contribution in [-0.2, 0) is 14.9 Å². The molecule has 4 bridgehead atoms. The maximum Gasteiger partial charge on any atom is 0.431 e. The Labute approximate surface area is 254 Å². The van der Waals surface area contributed by atoms with Gasteiger partial charge in [-0.05, 0) is 100 Å². The number of amides is 1. The van der Waals surface area contributed by atoms with Gasteiger partial charge in [-0.3, -0.25) is 0 Å². The van der Waals surface area contributed by atoms with Crippen molar-refractivity contribution in [1.29, 1.82) is 0 Å². The molecule has 5 unspecified atom stereocenters. The van der Waals surface area contributed by atoms with Gasteiger partial charge in [0.1, 0.15) is 0 Å². The Morgan fingerprint density at radius 2 is 1.51 bits per heavy atom. The third-order valence-electron chi connectivity index (χ3n) is 10.4. The van der Waals surface area contributed by atoms with Crippen LogP contribution in [0.25, 0.3) is 0 Å². The third-order valence-corrected chi connectivity index (χ3v) is 11.9. The van der Waals surface area contributed by atoms with Crippen LogP contribution in [0.4, 0.5) is 27.5 Å². The molecule has 10 nitrogen and oxygen atoms in total. The molecule has 2 aromatic carbocycles. The number of nitrogens with one attached hydrogen (secondary N) is 1. The van der Waals surface area contributed by atoms with Crippen molar-refractivity contribution in [2.24, 2.45) is 17.8 Å². The first-order chi connectivity index (χ1) is 20.5. The molecule has 0 radical (unpaired) electrons. The Hall–Kier alpha value is -3.02. The van der Waals surface area contributed by atoms with E-state index in [1.165, 1.54) is 6.26 Å². The van der Waals surface area contributed by atoms with Gasteiger partial charge in [-0.15, -0.1) is 0 Å². The van der Waals surface area contributed by atoms with Gasteiger partial charge in [-0.25, -0.2) is 18.3 Å². The molecule has 2 aromatic rings. The summed E-state index contributed by atoms with van der Waals surface area (Å²) in [7, 11) is -3.25. The van der Waals surface area contributed by atoms with E-state index in [9.17, 15) is 18.3 Å². The first-order valence-electron chi connectivity index (χ1n) is 15.7. The van der Waals surface area contributed by atoms with E-state index in [2.05, 4.69) is 39.4 Å². The quantitative estimate of drug-likeness (QED) is 0.523. The van der Waals surface area contributed by atoms with E-state index in [4.69, 9.17) is 4.84 Å². The van der Waals surface area contributed by atoms with Crippen molar-refractivity contribution in [3.05, 3.63) is 48.5 Å². The highest BCUT2D eigenvalue weighted by Crippen LogP contribution is 2.55. The van der Waals surface area contributed by atoms with E-state index >= 15 is 0 Å². The van der Waals surface area contributed by atoms with Crippen LogP contribution < -0.4 is 20.2 Å². The van der Waals surface area contributed by atoms with Crippen LogP contribution in [0.2, 0.25) is 0 Å². The third kappa shape index (κ3) is 5.33. The van der Waals surface area contributed by atoms with Crippen LogP contribution in [0.15, 0.2) is 48.5 Å². The minimum Gasteiger partial charge on any atom is -0.390 e. The smallest absolute Gasteiger partial charge is 0.390 e. The molecular formula is C32H43N5O5S. The second kappa shape index (κ2) is 10.6. The van der Waals surface area contributed by atoms with Gasteiger partial charge in [-0.1, -0.05) is 12.1 Å². The van der Waals surface area contributed by atoms with E-state index in [0.29, 0.717) is 43.9 Å². The molecule has 0 aromatic heterocycles. The average molecular weight is 610 g/mol. The van der Waals surface area contributed by atoms with Gasteiger partial charge in [0, 0.05) is 49.1 Å². The number of hydrogen-bond donors (Lipinski definition) is 2. The molecule has 43 heavy (non-hydrogen) atoms. The summed E-state index contributed by atoms with van der Waals surface area (Å²) in [4.78, 5) is 23.6. The van der Waals surface area contributed by atoms with Crippen LogP contribution >= 0.6 is 0 Å². The minimum atomic E-state index is -3.25. The van der Waals surface area contributed by atoms with E-state index in [0.717, 1.165) is 54.9 Å². The maximum atomic E-state index is 13.2. The minimum absolute atomic E-state index is 0.0692. The highest BCUT2D eigenvalue weighted by Gasteiger charge is 2.55. The van der Waals surface area contributed by atoms with Gasteiger partial charge < -0.3 is 25.1 Å². The summed E-state index contributed by atoms with van der Waals surface area (Å²) in [5, 5.41) is 15.8. The maximum absolute atomic E-state index is 13.2. The van der Waals surface area contributed by atoms with Crippen LogP contribution in [0.1, 0.15) is 46.0 Å². The van der Waals surface area contributed by atoms with Crippen molar-refractivity contribution >= 4 is 38.9 Å². The summed E-state index contributed by atoms with van der Waals surface area (Å²) in [6.45, 7) is 6.37. The number of hydrogen-bond acceptors (Lipinski definition) is 8. The first-order valence-corrected chi connectivity index (χ1v) is 17.5. The van der Waals surface area contributed by atoms with Crippen molar-refractivity contribution in [1.82, 2.24) is 9.62 Å². The zero-order chi connectivity index (χ0) is 30.1. The molecule has 4 aliphatic carbocycles. The van der Waals surface area contributed by atoms with Crippen molar-refractivity contribution in [3.63, 3.8) is 0 Å². The molecule has 0 spiro atoms. The zero-order valence-corrected chi connectivity index (χ0v) is 26.0. The number of benzene rings is 2. The second-order valence-corrected chi connectivity index (χ2v) is 15.6. The Kier molecular flexibility index (Phi) is 7.05. The predicted molar refractivity (Wildman–Crippen MR) is 167 cm³/mol. The number of carbonyl (C=O) groups is 1. The lowest BCUT2D eigenvalue weighted by Crippen LogP contribution is -2.62. The Morgan fingerprint density at radius 1 is 0.907 bits per heavy atom. The molecule has 5 fully saturated rings. The summed E-state index contributed by atoms with van der Waals surface area (Å²) < 4.78 is 26.1. The van der Waals surface area contributed by atoms with Crippen LogP contribution in [0.3, 0.4) is 0 Å². The molecule has 7 atom stereocenters. The first kappa shape index (κ1) is 28.7. The fourth-order valence-electron chi connectivity index (χ4n) is 9.19. The molecule has 2 aliphatic heterocycles. The topological polar surface area (TPSA) is 106 Å². The largest absolute Gasteiger partial charge is 0.431 e. The fraction of sp³-hybridized carbons (Fsp3) is 0.594. The van der Waals surface area contributed by atoms with Crippen molar-refractivity contribution in [2.45, 2.75) is 69.7 Å². The number of nitrogens with zero attached hydrogens (tertiary/aromatic N) is 4. The van der Waals surface area contributed by atoms with Gasteiger partial charge in [-0.2, -0.15) is 4.31 Å². The fourth-order valence-corrected chi connectivity index (χ4v) is 10.6. The summed E-state index contributed by atoms with van der Waals surface area (Å²) in [6.07, 6.45) is 5.51. The number of hydroxylamine groups is 1. The number of para-hydroxylation sites is 2. The summed E-state index contributed by atoms with van der Waals surface area (Å²) in [5.74, 6) is 1.24. The molecule has 11 heteroatoms. The number of rotatable bonds is 5. The Morgan fingerprint density at radius 3 is 2.12 bits per heavy atom. The van der Waals surface area contributed by atoms with Crippen molar-refractivity contribution < 1.29 is 23.2 Å². The van der Waals surface area contributed by atoms with Crippen molar-refractivity contribution in [3.8, 4) is 0 Å². The van der Waals surface area contributed by atoms with Gasteiger partial charge in [0.25, 0.3) is 0 Å². The van der Waals surface area contributed by atoms with Crippen LogP contribution in [0, 0.1) is 17.8 Å². The van der Waals surface area contributed by atoms with Gasteiger partial charge in [0.2, 0.25) is 10.0 Å². The molecule has 2 N–H and O–H groups in total. The molecule has 232 valence electrons. The highest BCUT2D eigenvalue weighted by atomic mass is 32.2. The summed E-state index contributed by atoms with van der Waals surface area (Å²) in [6, 6.07) is 16.2. The number of piperazine rings is 1. The molecule has 6 aliphatic rings. The molecule has 8 rings (SSSR count). The van der Waals surface area contributed by atoms with Gasteiger partial charge >= 0.3 is 6.09 Å². The second-order valence-electron chi connectivity index (χ2n) is 13.7. The summed E-state index contributed by atoms with van der Waals surface area (Å²) >= 11 is 0. The SMILES string of the molecule is CC1CN(c2ccc(N3CCN(OC(=O)NC4[C@@H]5CC6C[C@H]4CC(O)(C6)C5)c4ccccc43)cc2)CC(C)N1S(C)(=O)=O. The standard InChI is InChI=1S/C32H43N5O5S/c1-21-19-34(20-22(2)37(21)43(3,40)41)26-8-10-27(11-9-26)35-12-13-36(29-7-5-4-6-28(29)35)42-31(38)33-30-24-14-23-15-25(30)18-32(39,16-23)17-24/h4-11,21-25,30,39H,12-20H2,1-3H3,(H,33,38)/t21?,22?,23?,24-,25+,30?,32?. The highest BCUT2D eigenvalue weighted by molar-refractivity contribution is 7.88. The zero-order valence-electron chi connectivity index (χ0n) is 25.2. The van der Waals surface area contributed by atoms with Crippen molar-refractivity contribution in [2.75, 3.05) is 47.3 Å². The molecule has 2 heterocycles. The lowest BCUT2D eigenvalue weighted by atomic mass is 9.52. The van der Waals surface area contributed by atoms with E-state index in [1.807, 2.05) is 38.1 Å². The van der Waals surface area contributed by atoms with E-state index in [1.54, 1.807) is 9.37 Å². The van der Waals surface area contributed by atoms with Crippen LogP contribution in [0.5, 0.6) is 0 Å². The molecular weight excluding hydrogens is 566 g/mol. The summed E-state index contributed by atoms with van der Waals surface area (Å²) in [5.41, 5.74) is 3.39. The van der Waals surface area contributed by atoms with Crippen LogP contribution in [-0.4, -0.2) is 80.1 Å². The molecule has 4 saturated carbocycles. The molecule has 1 saturated heterocycles. The number of anilines is 4. The predicted octanol–water partition coefficient (Wildman–Crippen LogP) is 4.08. The molecule has 1 amide bonds. The van der Waals surface area contributed by atoms with E-state index < -0.39 is 21.7 Å². The number of aliphatic hydroxyl groups is 1. The van der Waals surface area contributed by atoms with E-state index in [-0.39, 0.29) is 18.1 Å². The number of fused-ring (bicyclic) bond motifs is 1. The van der Waals surface area contributed by atoms with Gasteiger partial charge in [0.15, 0.2) is 0 Å². The average Bonchev–Trinajstić information content (AvgIpc) is 2.93.